The lowest BCUT2D eigenvalue weighted by Gasteiger charge is -2.27. The van der Waals surface area contributed by atoms with Crippen molar-refractivity contribution in [2.75, 3.05) is 5.73 Å². The normalized spacial score (nSPS) is 25.7. The molecule has 2 rings (SSSR count). The minimum Gasteiger partial charge on any atom is -0.397 e. The van der Waals surface area contributed by atoms with E-state index in [-0.39, 0.29) is 10.8 Å². The zero-order chi connectivity index (χ0) is 11.7. The predicted octanol–water partition coefficient (Wildman–Crippen LogP) is 4.36. The van der Waals surface area contributed by atoms with E-state index in [9.17, 15) is 4.39 Å². The van der Waals surface area contributed by atoms with Gasteiger partial charge in [0.15, 0.2) is 0 Å². The number of anilines is 1. The molecule has 0 saturated heterocycles. The first-order valence-electron chi connectivity index (χ1n) is 5.83. The van der Waals surface area contributed by atoms with Crippen LogP contribution in [0, 0.1) is 11.7 Å². The Kier molecular flexibility index (Phi) is 3.38. The van der Waals surface area contributed by atoms with Crippen LogP contribution in [0.5, 0.6) is 0 Å². The molecule has 0 amide bonds. The number of hydrogen-bond donors (Lipinski definition) is 1. The third-order valence-corrected chi connectivity index (χ3v) is 3.98. The summed E-state index contributed by atoms with van der Waals surface area (Å²) in [5.41, 5.74) is 6.64. The summed E-state index contributed by atoms with van der Waals surface area (Å²) in [5.74, 6) is 0.763. The Morgan fingerprint density at radius 3 is 2.50 bits per heavy atom. The van der Waals surface area contributed by atoms with Crippen LogP contribution in [0.15, 0.2) is 12.1 Å². The van der Waals surface area contributed by atoms with Crippen LogP contribution in [0.4, 0.5) is 10.1 Å². The molecule has 0 spiro atoms. The number of nitrogen functional groups attached to an aromatic ring is 1. The zero-order valence-electron chi connectivity index (χ0n) is 9.47. The van der Waals surface area contributed by atoms with Crippen LogP contribution >= 0.6 is 11.6 Å². The van der Waals surface area contributed by atoms with Gasteiger partial charge < -0.3 is 5.73 Å². The van der Waals surface area contributed by atoms with Crippen molar-refractivity contribution >= 4 is 17.3 Å². The second kappa shape index (κ2) is 4.62. The van der Waals surface area contributed by atoms with E-state index < -0.39 is 0 Å². The van der Waals surface area contributed by atoms with E-state index in [2.05, 4.69) is 6.92 Å². The molecule has 0 radical (unpaired) electrons. The van der Waals surface area contributed by atoms with Gasteiger partial charge in [0.1, 0.15) is 5.82 Å². The Morgan fingerprint density at radius 2 is 1.88 bits per heavy atom. The van der Waals surface area contributed by atoms with Crippen LogP contribution in [0.3, 0.4) is 0 Å². The highest BCUT2D eigenvalue weighted by molar-refractivity contribution is 6.33. The monoisotopic (exact) mass is 241 g/mol. The number of rotatable bonds is 1. The summed E-state index contributed by atoms with van der Waals surface area (Å²) in [7, 11) is 0. The van der Waals surface area contributed by atoms with Crippen LogP contribution in [-0.2, 0) is 0 Å². The maximum atomic E-state index is 13.9. The van der Waals surface area contributed by atoms with Crippen molar-refractivity contribution in [3.8, 4) is 0 Å². The lowest BCUT2D eigenvalue weighted by atomic mass is 9.79. The molecule has 0 atom stereocenters. The standard InChI is InChI=1S/C13H17ClFN/c1-8-2-4-9(5-3-8)10-6-7-11(16)12(14)13(10)15/h6-9H,2-5,16H2,1H3. The molecular weight excluding hydrogens is 225 g/mol. The fraction of sp³-hybridized carbons (Fsp3) is 0.538. The van der Waals surface area contributed by atoms with Crippen LogP contribution in [0.25, 0.3) is 0 Å². The van der Waals surface area contributed by atoms with Gasteiger partial charge in [0.2, 0.25) is 0 Å². The number of benzene rings is 1. The SMILES string of the molecule is CC1CCC(c2ccc(N)c(Cl)c2F)CC1. The topological polar surface area (TPSA) is 26.0 Å². The highest BCUT2D eigenvalue weighted by Gasteiger charge is 2.23. The van der Waals surface area contributed by atoms with Gasteiger partial charge in [-0.2, -0.15) is 0 Å². The van der Waals surface area contributed by atoms with E-state index in [4.69, 9.17) is 17.3 Å². The Labute approximate surface area is 101 Å². The van der Waals surface area contributed by atoms with Crippen molar-refractivity contribution in [2.24, 2.45) is 5.92 Å². The molecule has 3 heteroatoms. The smallest absolute Gasteiger partial charge is 0.147 e. The minimum absolute atomic E-state index is 0.0797. The van der Waals surface area contributed by atoms with Gasteiger partial charge in [-0.25, -0.2) is 4.39 Å². The van der Waals surface area contributed by atoms with Gasteiger partial charge in [-0.1, -0.05) is 37.4 Å². The Morgan fingerprint density at radius 1 is 1.25 bits per heavy atom. The van der Waals surface area contributed by atoms with Crippen LogP contribution in [-0.4, -0.2) is 0 Å². The van der Waals surface area contributed by atoms with E-state index >= 15 is 0 Å². The molecule has 1 aromatic rings. The second-order valence-electron chi connectivity index (χ2n) is 4.83. The van der Waals surface area contributed by atoms with Crippen molar-refractivity contribution in [3.63, 3.8) is 0 Å². The minimum atomic E-state index is -0.318. The molecule has 1 saturated carbocycles. The summed E-state index contributed by atoms with van der Waals surface area (Å²) in [4.78, 5) is 0. The van der Waals surface area contributed by atoms with Crippen molar-refractivity contribution in [2.45, 2.75) is 38.5 Å². The predicted molar refractivity (Wildman–Crippen MR) is 66.2 cm³/mol. The Balaban J connectivity index is 2.24. The summed E-state index contributed by atoms with van der Waals surface area (Å²) in [5, 5.41) is 0.0797. The first-order chi connectivity index (χ1) is 7.59. The van der Waals surface area contributed by atoms with Crippen LogP contribution in [0.2, 0.25) is 5.02 Å². The molecule has 1 fully saturated rings. The summed E-state index contributed by atoms with van der Waals surface area (Å²) in [6, 6.07) is 3.50. The third-order valence-electron chi connectivity index (χ3n) is 3.60. The molecular formula is C13H17ClFN. The first kappa shape index (κ1) is 11.7. The third kappa shape index (κ3) is 2.17. The van der Waals surface area contributed by atoms with Gasteiger partial charge >= 0.3 is 0 Å². The zero-order valence-corrected chi connectivity index (χ0v) is 10.2. The number of halogens is 2. The van der Waals surface area contributed by atoms with E-state index in [1.54, 1.807) is 12.1 Å². The molecule has 0 heterocycles. The van der Waals surface area contributed by atoms with E-state index in [0.29, 0.717) is 11.6 Å². The van der Waals surface area contributed by atoms with E-state index in [1.165, 1.54) is 12.8 Å². The molecule has 0 bridgehead atoms. The van der Waals surface area contributed by atoms with Gasteiger partial charge in [-0.05, 0) is 36.3 Å². The van der Waals surface area contributed by atoms with Crippen molar-refractivity contribution < 1.29 is 4.39 Å². The van der Waals surface area contributed by atoms with E-state index in [1.807, 2.05) is 0 Å². The molecule has 1 aliphatic carbocycles. The molecule has 1 nitrogen and oxygen atoms in total. The van der Waals surface area contributed by atoms with Gasteiger partial charge in [0.25, 0.3) is 0 Å². The Bertz CT molecular complexity index is 384. The molecule has 1 aliphatic rings. The maximum absolute atomic E-state index is 13.9. The summed E-state index contributed by atoms with van der Waals surface area (Å²) >= 11 is 5.83. The van der Waals surface area contributed by atoms with Crippen LogP contribution in [0.1, 0.15) is 44.1 Å². The summed E-state index contributed by atoms with van der Waals surface area (Å²) < 4.78 is 13.9. The van der Waals surface area contributed by atoms with Gasteiger partial charge in [0, 0.05) is 0 Å². The maximum Gasteiger partial charge on any atom is 0.147 e. The lowest BCUT2D eigenvalue weighted by Crippen LogP contribution is -2.12. The first-order valence-corrected chi connectivity index (χ1v) is 6.20. The van der Waals surface area contributed by atoms with Gasteiger partial charge in [0.05, 0.1) is 10.7 Å². The summed E-state index contributed by atoms with van der Waals surface area (Å²) in [6.07, 6.45) is 4.45. The van der Waals surface area contributed by atoms with Gasteiger partial charge in [-0.3, -0.25) is 0 Å². The average Bonchev–Trinajstić information content (AvgIpc) is 2.28. The number of nitrogens with two attached hydrogens (primary N) is 1. The van der Waals surface area contributed by atoms with Crippen molar-refractivity contribution in [1.82, 2.24) is 0 Å². The molecule has 16 heavy (non-hydrogen) atoms. The fourth-order valence-corrected chi connectivity index (χ4v) is 2.64. The molecule has 1 aromatic carbocycles. The largest absolute Gasteiger partial charge is 0.397 e. The molecule has 0 unspecified atom stereocenters. The summed E-state index contributed by atoms with van der Waals surface area (Å²) in [6.45, 7) is 2.25. The van der Waals surface area contributed by atoms with Crippen LogP contribution < -0.4 is 5.73 Å². The Hall–Kier alpha value is -0.760. The number of hydrogen-bond acceptors (Lipinski definition) is 1. The highest BCUT2D eigenvalue weighted by Crippen LogP contribution is 2.38. The van der Waals surface area contributed by atoms with Gasteiger partial charge in [-0.15, -0.1) is 0 Å². The molecule has 0 aromatic heterocycles. The lowest BCUT2D eigenvalue weighted by molar-refractivity contribution is 0.342. The second-order valence-corrected chi connectivity index (χ2v) is 5.21. The van der Waals surface area contributed by atoms with E-state index in [0.717, 1.165) is 24.3 Å². The molecule has 88 valence electrons. The highest BCUT2D eigenvalue weighted by atomic mass is 35.5. The fourth-order valence-electron chi connectivity index (χ4n) is 2.47. The average molecular weight is 242 g/mol. The van der Waals surface area contributed by atoms with Crippen molar-refractivity contribution in [1.29, 1.82) is 0 Å². The quantitative estimate of drug-likeness (QED) is 0.727. The molecule has 0 aliphatic heterocycles. The molecule has 2 N–H and O–H groups in total. The van der Waals surface area contributed by atoms with Crippen molar-refractivity contribution in [3.05, 3.63) is 28.5 Å².